The molecule has 0 spiro atoms. The van der Waals surface area contributed by atoms with E-state index in [1.807, 2.05) is 42.3 Å². The lowest BCUT2D eigenvalue weighted by molar-refractivity contribution is -0.136. The Kier molecular flexibility index (Phi) is 4.56. The van der Waals surface area contributed by atoms with Gasteiger partial charge in [-0.1, -0.05) is 30.3 Å². The third-order valence-electron chi connectivity index (χ3n) is 3.61. The van der Waals surface area contributed by atoms with E-state index in [9.17, 15) is 13.2 Å². The fourth-order valence-corrected chi connectivity index (χ4v) is 2.34. The fraction of sp³-hybridized carbons (Fsp3) is 0.111. The number of rotatable bonds is 4. The maximum atomic E-state index is 13.1. The Morgan fingerprint density at radius 2 is 1.60 bits per heavy atom. The number of alkyl halides is 3. The van der Waals surface area contributed by atoms with Crippen molar-refractivity contribution in [1.82, 2.24) is 9.97 Å². The number of anilines is 4. The number of hydrogen-bond donors (Lipinski definition) is 1. The molecule has 0 aliphatic heterocycles. The minimum atomic E-state index is -4.46. The maximum absolute atomic E-state index is 13.1. The highest BCUT2D eigenvalue weighted by Gasteiger charge is 2.33. The molecule has 0 unspecified atom stereocenters. The average Bonchev–Trinajstić information content (AvgIpc) is 2.62. The van der Waals surface area contributed by atoms with Gasteiger partial charge in [-0.2, -0.15) is 18.2 Å². The average molecular weight is 344 g/mol. The van der Waals surface area contributed by atoms with E-state index in [2.05, 4.69) is 15.3 Å². The molecule has 25 heavy (non-hydrogen) atoms. The van der Waals surface area contributed by atoms with Gasteiger partial charge in [0.1, 0.15) is 5.82 Å². The molecule has 3 aromatic rings. The van der Waals surface area contributed by atoms with Gasteiger partial charge in [0.15, 0.2) is 0 Å². The summed E-state index contributed by atoms with van der Waals surface area (Å²) in [4.78, 5) is 10.1. The molecule has 0 aliphatic carbocycles. The minimum absolute atomic E-state index is 0.0884. The van der Waals surface area contributed by atoms with Crippen molar-refractivity contribution in [3.8, 4) is 0 Å². The first-order valence-electron chi connectivity index (χ1n) is 7.50. The standard InChI is InChI=1S/C18H15F3N4/c1-25(13-7-3-2-4-8-13)16-11-12-22-17(24-16)23-15-10-6-5-9-14(15)18(19,20)21/h2-12H,1H3,(H,22,23,24). The largest absolute Gasteiger partial charge is 0.418 e. The van der Waals surface area contributed by atoms with E-state index in [4.69, 9.17) is 0 Å². The molecule has 1 N–H and O–H groups in total. The second kappa shape index (κ2) is 6.80. The van der Waals surface area contributed by atoms with Gasteiger partial charge in [-0.15, -0.1) is 0 Å². The summed E-state index contributed by atoms with van der Waals surface area (Å²) in [5.74, 6) is 0.658. The molecule has 0 saturated carbocycles. The smallest absolute Gasteiger partial charge is 0.329 e. The van der Waals surface area contributed by atoms with Crippen LogP contribution in [0, 0.1) is 0 Å². The summed E-state index contributed by atoms with van der Waals surface area (Å²) in [5, 5.41) is 2.66. The van der Waals surface area contributed by atoms with Crippen LogP contribution in [-0.4, -0.2) is 17.0 Å². The lowest BCUT2D eigenvalue weighted by Gasteiger charge is -2.19. The molecular formula is C18H15F3N4. The third-order valence-corrected chi connectivity index (χ3v) is 3.61. The second-order valence-corrected chi connectivity index (χ2v) is 5.30. The highest BCUT2D eigenvalue weighted by molar-refractivity contribution is 5.63. The zero-order valence-corrected chi connectivity index (χ0v) is 13.3. The zero-order valence-electron chi connectivity index (χ0n) is 13.3. The van der Waals surface area contributed by atoms with Crippen molar-refractivity contribution < 1.29 is 13.2 Å². The van der Waals surface area contributed by atoms with Gasteiger partial charge in [-0.3, -0.25) is 0 Å². The van der Waals surface area contributed by atoms with Gasteiger partial charge in [-0.05, 0) is 30.3 Å². The van der Waals surface area contributed by atoms with Gasteiger partial charge in [0, 0.05) is 18.9 Å². The van der Waals surface area contributed by atoms with Crippen LogP contribution in [0.15, 0.2) is 66.9 Å². The van der Waals surface area contributed by atoms with Crippen LogP contribution >= 0.6 is 0 Å². The van der Waals surface area contributed by atoms with Crippen molar-refractivity contribution in [2.24, 2.45) is 0 Å². The summed E-state index contributed by atoms with van der Waals surface area (Å²) in [6, 6.07) is 16.4. The lowest BCUT2D eigenvalue weighted by atomic mass is 10.1. The molecule has 0 atom stereocenters. The number of para-hydroxylation sites is 2. The van der Waals surface area contributed by atoms with Crippen LogP contribution in [0.3, 0.4) is 0 Å². The summed E-state index contributed by atoms with van der Waals surface area (Å²) in [6.45, 7) is 0. The Labute approximate surface area is 143 Å². The molecule has 2 aromatic carbocycles. The van der Waals surface area contributed by atoms with Crippen molar-refractivity contribution in [2.75, 3.05) is 17.3 Å². The molecule has 4 nitrogen and oxygen atoms in total. The summed E-state index contributed by atoms with van der Waals surface area (Å²) < 4.78 is 39.3. The van der Waals surface area contributed by atoms with Crippen molar-refractivity contribution in [3.05, 3.63) is 72.4 Å². The monoisotopic (exact) mass is 344 g/mol. The van der Waals surface area contributed by atoms with E-state index >= 15 is 0 Å². The quantitative estimate of drug-likeness (QED) is 0.722. The number of halogens is 3. The van der Waals surface area contributed by atoms with Crippen LogP contribution < -0.4 is 10.2 Å². The van der Waals surface area contributed by atoms with Crippen LogP contribution in [0.1, 0.15) is 5.56 Å². The molecule has 0 bridgehead atoms. The Bertz CT molecular complexity index is 850. The summed E-state index contributed by atoms with van der Waals surface area (Å²) >= 11 is 0. The first-order valence-corrected chi connectivity index (χ1v) is 7.50. The van der Waals surface area contributed by atoms with Gasteiger partial charge in [-0.25, -0.2) is 4.98 Å². The van der Waals surface area contributed by atoms with E-state index in [0.717, 1.165) is 11.8 Å². The van der Waals surface area contributed by atoms with Gasteiger partial charge in [0.05, 0.1) is 11.3 Å². The zero-order chi connectivity index (χ0) is 17.9. The SMILES string of the molecule is CN(c1ccccc1)c1ccnc(Nc2ccccc2C(F)(F)F)n1. The van der Waals surface area contributed by atoms with E-state index in [1.165, 1.54) is 24.4 Å². The van der Waals surface area contributed by atoms with Crippen molar-refractivity contribution in [2.45, 2.75) is 6.18 Å². The van der Waals surface area contributed by atoms with Gasteiger partial charge >= 0.3 is 6.18 Å². The number of nitrogens with one attached hydrogen (secondary N) is 1. The van der Waals surface area contributed by atoms with E-state index in [1.54, 1.807) is 6.07 Å². The Balaban J connectivity index is 1.89. The number of hydrogen-bond acceptors (Lipinski definition) is 4. The van der Waals surface area contributed by atoms with Crippen molar-refractivity contribution >= 4 is 23.1 Å². The van der Waals surface area contributed by atoms with Crippen LogP contribution in [0.2, 0.25) is 0 Å². The first-order chi connectivity index (χ1) is 11.9. The third kappa shape index (κ3) is 3.88. The molecule has 0 amide bonds. The second-order valence-electron chi connectivity index (χ2n) is 5.30. The predicted molar refractivity (Wildman–Crippen MR) is 91.3 cm³/mol. The van der Waals surface area contributed by atoms with Crippen molar-refractivity contribution in [1.29, 1.82) is 0 Å². The number of nitrogens with zero attached hydrogens (tertiary/aromatic N) is 3. The van der Waals surface area contributed by atoms with Crippen molar-refractivity contribution in [3.63, 3.8) is 0 Å². The number of benzene rings is 2. The summed E-state index contributed by atoms with van der Waals surface area (Å²) in [7, 11) is 1.82. The summed E-state index contributed by atoms with van der Waals surface area (Å²) in [6.07, 6.45) is -2.96. The highest BCUT2D eigenvalue weighted by atomic mass is 19.4. The van der Waals surface area contributed by atoms with Gasteiger partial charge in [0.25, 0.3) is 0 Å². The van der Waals surface area contributed by atoms with E-state index in [0.29, 0.717) is 5.82 Å². The molecule has 0 saturated heterocycles. The minimum Gasteiger partial charge on any atom is -0.329 e. The van der Waals surface area contributed by atoms with Gasteiger partial charge < -0.3 is 10.2 Å². The molecule has 0 aliphatic rings. The van der Waals surface area contributed by atoms with E-state index in [-0.39, 0.29) is 11.6 Å². The maximum Gasteiger partial charge on any atom is 0.418 e. The first kappa shape index (κ1) is 16.8. The Morgan fingerprint density at radius 1 is 0.920 bits per heavy atom. The van der Waals surface area contributed by atoms with Crippen LogP contribution in [0.25, 0.3) is 0 Å². The lowest BCUT2D eigenvalue weighted by Crippen LogP contribution is -2.13. The topological polar surface area (TPSA) is 41.1 Å². The molecule has 128 valence electrons. The molecular weight excluding hydrogens is 329 g/mol. The number of aromatic nitrogens is 2. The molecule has 0 fully saturated rings. The van der Waals surface area contributed by atoms with E-state index < -0.39 is 11.7 Å². The summed E-state index contributed by atoms with van der Waals surface area (Å²) in [5.41, 5.74) is 0.0535. The normalized spacial score (nSPS) is 11.2. The Hall–Kier alpha value is -3.09. The molecule has 1 aromatic heterocycles. The predicted octanol–water partition coefficient (Wildman–Crippen LogP) is 5.01. The highest BCUT2D eigenvalue weighted by Crippen LogP contribution is 2.35. The molecule has 1 heterocycles. The van der Waals surface area contributed by atoms with Gasteiger partial charge in [0.2, 0.25) is 5.95 Å². The molecule has 3 rings (SSSR count). The molecule has 0 radical (unpaired) electrons. The van der Waals surface area contributed by atoms with Crippen LogP contribution in [0.5, 0.6) is 0 Å². The Morgan fingerprint density at radius 3 is 2.32 bits per heavy atom. The fourth-order valence-electron chi connectivity index (χ4n) is 2.34. The molecule has 7 heteroatoms. The van der Waals surface area contributed by atoms with Crippen LogP contribution in [-0.2, 0) is 6.18 Å². The van der Waals surface area contributed by atoms with Crippen LogP contribution in [0.4, 0.5) is 36.3 Å².